The highest BCUT2D eigenvalue weighted by molar-refractivity contribution is 5.86. The molecule has 0 aromatic heterocycles. The van der Waals surface area contributed by atoms with Gasteiger partial charge in [0.2, 0.25) is 0 Å². The lowest BCUT2D eigenvalue weighted by Gasteiger charge is -2.19. The van der Waals surface area contributed by atoms with E-state index in [1.807, 2.05) is 0 Å². The van der Waals surface area contributed by atoms with Gasteiger partial charge in [0.15, 0.2) is 0 Å². The minimum absolute atomic E-state index is 0.217. The van der Waals surface area contributed by atoms with Crippen LogP contribution in [0.1, 0.15) is 37.5 Å². The van der Waals surface area contributed by atoms with Crippen LogP contribution in [0.2, 0.25) is 0 Å². The van der Waals surface area contributed by atoms with E-state index in [2.05, 4.69) is 99.4 Å². The van der Waals surface area contributed by atoms with E-state index >= 15 is 0 Å². The van der Waals surface area contributed by atoms with Crippen LogP contribution < -0.4 is 5.32 Å². The van der Waals surface area contributed by atoms with Crippen molar-refractivity contribution in [1.82, 2.24) is 5.32 Å². The van der Waals surface area contributed by atoms with E-state index in [0.717, 1.165) is 25.1 Å². The summed E-state index contributed by atoms with van der Waals surface area (Å²) in [7, 11) is 0. The first kappa shape index (κ1) is 18.4. The molecule has 0 spiro atoms. The summed E-state index contributed by atoms with van der Waals surface area (Å²) in [5, 5.41) is 6.07. The first-order valence-corrected chi connectivity index (χ1v) is 9.40. The zero-order valence-electron chi connectivity index (χ0n) is 16.2. The molecule has 26 heavy (non-hydrogen) atoms. The number of benzene rings is 3. The molecule has 134 valence electrons. The number of fused-ring (bicyclic) bond motifs is 1. The van der Waals surface area contributed by atoms with Gasteiger partial charge in [0.25, 0.3) is 0 Å². The standard InChI is InChI=1S/C25H29N/c1-19(22-12-11-21-7-5-6-8-23(21)17-22)18-26-16-15-20-9-13-24(14-10-20)25(2,3)4/h5-14,17,26H,1,15-16,18H2,2-4H3. The molecule has 1 heteroatoms. The second-order valence-corrected chi connectivity index (χ2v) is 8.04. The zero-order valence-corrected chi connectivity index (χ0v) is 16.2. The molecule has 3 rings (SSSR count). The fraction of sp³-hybridized carbons (Fsp3) is 0.280. The van der Waals surface area contributed by atoms with Crippen LogP contribution in [-0.2, 0) is 11.8 Å². The molecule has 0 aliphatic rings. The van der Waals surface area contributed by atoms with Gasteiger partial charge in [-0.1, -0.05) is 88.0 Å². The normalized spacial score (nSPS) is 11.7. The SMILES string of the molecule is C=C(CNCCc1ccc(C(C)(C)C)cc1)c1ccc2ccccc2c1. The maximum absolute atomic E-state index is 4.25. The minimum Gasteiger partial charge on any atom is -0.312 e. The maximum Gasteiger partial charge on any atom is 0.0205 e. The summed E-state index contributed by atoms with van der Waals surface area (Å²) in [4.78, 5) is 0. The van der Waals surface area contributed by atoms with Gasteiger partial charge in [0.1, 0.15) is 0 Å². The molecule has 0 fully saturated rings. The largest absolute Gasteiger partial charge is 0.312 e. The first-order chi connectivity index (χ1) is 12.4. The number of hydrogen-bond acceptors (Lipinski definition) is 1. The number of nitrogens with one attached hydrogen (secondary N) is 1. The van der Waals surface area contributed by atoms with Gasteiger partial charge in [-0.15, -0.1) is 0 Å². The Hall–Kier alpha value is -2.38. The molecule has 0 radical (unpaired) electrons. The monoisotopic (exact) mass is 343 g/mol. The van der Waals surface area contributed by atoms with Crippen molar-refractivity contribution >= 4 is 16.3 Å². The second kappa shape index (κ2) is 7.88. The Morgan fingerprint density at radius 1 is 0.885 bits per heavy atom. The molecule has 0 unspecified atom stereocenters. The smallest absolute Gasteiger partial charge is 0.0205 e. The molecule has 0 saturated carbocycles. The second-order valence-electron chi connectivity index (χ2n) is 8.04. The fourth-order valence-electron chi connectivity index (χ4n) is 3.15. The highest BCUT2D eigenvalue weighted by Gasteiger charge is 2.12. The molecule has 3 aromatic rings. The van der Waals surface area contributed by atoms with E-state index in [9.17, 15) is 0 Å². The van der Waals surface area contributed by atoms with Gasteiger partial charge in [-0.05, 0) is 57.5 Å². The molecule has 0 aliphatic carbocycles. The summed E-state index contributed by atoms with van der Waals surface area (Å²) in [5.74, 6) is 0. The van der Waals surface area contributed by atoms with E-state index in [4.69, 9.17) is 0 Å². The molecule has 1 N–H and O–H groups in total. The van der Waals surface area contributed by atoms with Crippen molar-refractivity contribution in [1.29, 1.82) is 0 Å². The van der Waals surface area contributed by atoms with Crippen LogP contribution in [0.15, 0.2) is 73.3 Å². The molecule has 0 aliphatic heterocycles. The highest BCUT2D eigenvalue weighted by atomic mass is 14.8. The van der Waals surface area contributed by atoms with Crippen LogP contribution in [-0.4, -0.2) is 13.1 Å². The Bertz CT molecular complexity index is 882. The average Bonchev–Trinajstić information content (AvgIpc) is 2.64. The predicted octanol–water partition coefficient (Wildman–Crippen LogP) is 5.98. The lowest BCUT2D eigenvalue weighted by molar-refractivity contribution is 0.590. The van der Waals surface area contributed by atoms with Gasteiger partial charge < -0.3 is 5.32 Å². The Balaban J connectivity index is 1.50. The van der Waals surface area contributed by atoms with Crippen LogP contribution in [0.5, 0.6) is 0 Å². The fourth-order valence-corrected chi connectivity index (χ4v) is 3.15. The Labute approximate surface area is 157 Å². The molecule has 0 saturated heterocycles. The third kappa shape index (κ3) is 4.62. The quantitative estimate of drug-likeness (QED) is 0.543. The maximum atomic E-state index is 4.25. The number of hydrogen-bond donors (Lipinski definition) is 1. The molecule has 3 aromatic carbocycles. The third-order valence-corrected chi connectivity index (χ3v) is 4.91. The van der Waals surface area contributed by atoms with E-state index in [-0.39, 0.29) is 5.41 Å². The first-order valence-electron chi connectivity index (χ1n) is 9.40. The van der Waals surface area contributed by atoms with Crippen molar-refractivity contribution in [3.8, 4) is 0 Å². The van der Waals surface area contributed by atoms with Crippen LogP contribution in [0.3, 0.4) is 0 Å². The molecule has 0 heterocycles. The lowest BCUT2D eigenvalue weighted by Crippen LogP contribution is -2.19. The van der Waals surface area contributed by atoms with Crippen LogP contribution in [0, 0.1) is 0 Å². The molecule has 1 nitrogen and oxygen atoms in total. The van der Waals surface area contributed by atoms with Gasteiger partial charge >= 0.3 is 0 Å². The summed E-state index contributed by atoms with van der Waals surface area (Å²) < 4.78 is 0. The molecule has 0 atom stereocenters. The van der Waals surface area contributed by atoms with Crippen LogP contribution in [0.4, 0.5) is 0 Å². The molecule has 0 amide bonds. The zero-order chi connectivity index (χ0) is 18.6. The van der Waals surface area contributed by atoms with Gasteiger partial charge in [-0.2, -0.15) is 0 Å². The summed E-state index contributed by atoms with van der Waals surface area (Å²) in [6, 6.07) is 24.0. The summed E-state index contributed by atoms with van der Waals surface area (Å²) in [6.07, 6.45) is 1.04. The average molecular weight is 344 g/mol. The molecular formula is C25H29N. The van der Waals surface area contributed by atoms with Crippen molar-refractivity contribution < 1.29 is 0 Å². The van der Waals surface area contributed by atoms with Crippen LogP contribution in [0.25, 0.3) is 16.3 Å². The van der Waals surface area contributed by atoms with Gasteiger partial charge in [0, 0.05) is 6.54 Å². The van der Waals surface area contributed by atoms with Crippen molar-refractivity contribution in [3.63, 3.8) is 0 Å². The predicted molar refractivity (Wildman–Crippen MR) is 115 cm³/mol. The van der Waals surface area contributed by atoms with E-state index in [1.165, 1.54) is 27.5 Å². The van der Waals surface area contributed by atoms with Crippen LogP contribution >= 0.6 is 0 Å². The topological polar surface area (TPSA) is 12.0 Å². The van der Waals surface area contributed by atoms with Crippen molar-refractivity contribution in [2.75, 3.05) is 13.1 Å². The van der Waals surface area contributed by atoms with E-state index in [0.29, 0.717) is 0 Å². The van der Waals surface area contributed by atoms with E-state index < -0.39 is 0 Å². The Kier molecular flexibility index (Phi) is 5.58. The van der Waals surface area contributed by atoms with E-state index in [1.54, 1.807) is 0 Å². The number of rotatable bonds is 6. The summed E-state index contributed by atoms with van der Waals surface area (Å²) in [5.41, 5.74) is 5.33. The third-order valence-electron chi connectivity index (χ3n) is 4.91. The summed E-state index contributed by atoms with van der Waals surface area (Å²) >= 11 is 0. The van der Waals surface area contributed by atoms with Crippen molar-refractivity contribution in [3.05, 3.63) is 90.0 Å². The van der Waals surface area contributed by atoms with Crippen molar-refractivity contribution in [2.45, 2.75) is 32.6 Å². The lowest BCUT2D eigenvalue weighted by atomic mass is 9.86. The van der Waals surface area contributed by atoms with Gasteiger partial charge in [0.05, 0.1) is 0 Å². The van der Waals surface area contributed by atoms with Crippen molar-refractivity contribution in [2.24, 2.45) is 0 Å². The Morgan fingerprint density at radius 2 is 1.58 bits per heavy atom. The van der Waals surface area contributed by atoms with Gasteiger partial charge in [-0.3, -0.25) is 0 Å². The van der Waals surface area contributed by atoms with Gasteiger partial charge in [-0.25, -0.2) is 0 Å². The Morgan fingerprint density at radius 3 is 2.27 bits per heavy atom. The molecular weight excluding hydrogens is 314 g/mol. The summed E-state index contributed by atoms with van der Waals surface area (Å²) in [6.45, 7) is 12.8. The molecule has 0 bridgehead atoms. The minimum atomic E-state index is 0.217. The highest BCUT2D eigenvalue weighted by Crippen LogP contribution is 2.22.